The summed E-state index contributed by atoms with van der Waals surface area (Å²) in [6.45, 7) is -0.196. The number of nitrogens with one attached hydrogen (secondary N) is 2. The summed E-state index contributed by atoms with van der Waals surface area (Å²) in [5.41, 5.74) is 4.86. The van der Waals surface area contributed by atoms with E-state index in [0.29, 0.717) is 32.9 Å². The van der Waals surface area contributed by atoms with E-state index in [0.717, 1.165) is 0 Å². The van der Waals surface area contributed by atoms with Crippen molar-refractivity contribution in [1.82, 2.24) is 0 Å². The van der Waals surface area contributed by atoms with Crippen LogP contribution in [0.15, 0.2) is 76.3 Å². The van der Waals surface area contributed by atoms with Gasteiger partial charge < -0.3 is 19.9 Å². The number of ether oxygens (including phenoxy) is 2. The molecule has 0 saturated heterocycles. The van der Waals surface area contributed by atoms with Gasteiger partial charge in [-0.2, -0.15) is 5.10 Å². The zero-order valence-electron chi connectivity index (χ0n) is 17.0. The third-order valence-corrected chi connectivity index (χ3v) is 4.76. The minimum atomic E-state index is -1.01. The summed E-state index contributed by atoms with van der Waals surface area (Å²) in [6, 6.07) is 18.9. The van der Waals surface area contributed by atoms with Crippen molar-refractivity contribution in [1.29, 1.82) is 0 Å². The Morgan fingerprint density at radius 3 is 2.53 bits per heavy atom. The van der Waals surface area contributed by atoms with E-state index in [-0.39, 0.29) is 18.1 Å². The number of halogens is 1. The van der Waals surface area contributed by atoms with Crippen molar-refractivity contribution < 1.29 is 24.2 Å². The van der Waals surface area contributed by atoms with E-state index in [2.05, 4.69) is 31.8 Å². The summed E-state index contributed by atoms with van der Waals surface area (Å²) in [7, 11) is 1.50. The van der Waals surface area contributed by atoms with Gasteiger partial charge in [-0.15, -0.1) is 0 Å². The van der Waals surface area contributed by atoms with E-state index in [1.54, 1.807) is 42.6 Å². The number of carboxylic acid groups (broad SMARTS) is 1. The van der Waals surface area contributed by atoms with E-state index in [4.69, 9.17) is 14.6 Å². The van der Waals surface area contributed by atoms with Crippen LogP contribution in [0.2, 0.25) is 0 Å². The Labute approximate surface area is 193 Å². The summed E-state index contributed by atoms with van der Waals surface area (Å²) in [5.74, 6) is -0.515. The molecule has 32 heavy (non-hydrogen) atoms. The molecule has 0 fully saturated rings. The van der Waals surface area contributed by atoms with Crippen LogP contribution in [0.4, 0.5) is 11.4 Å². The third kappa shape index (κ3) is 6.32. The molecular weight excluding hydrogens is 478 g/mol. The van der Waals surface area contributed by atoms with Crippen LogP contribution in [-0.2, 0) is 4.79 Å². The zero-order valence-corrected chi connectivity index (χ0v) is 18.6. The molecule has 0 aliphatic carbocycles. The Morgan fingerprint density at radius 1 is 1.06 bits per heavy atom. The fraction of sp³-hybridized carbons (Fsp3) is 0.0870. The summed E-state index contributed by atoms with van der Waals surface area (Å²) in [6.07, 6.45) is 1.55. The predicted octanol–water partition coefficient (Wildman–Crippen LogP) is 4.62. The molecule has 0 aromatic heterocycles. The number of aromatic carboxylic acids is 1. The number of hydrazone groups is 1. The Hall–Kier alpha value is -3.85. The number of carboxylic acids is 1. The van der Waals surface area contributed by atoms with Gasteiger partial charge in [0.15, 0.2) is 18.1 Å². The van der Waals surface area contributed by atoms with Crippen molar-refractivity contribution in [3.63, 3.8) is 0 Å². The molecule has 0 unspecified atom stereocenters. The van der Waals surface area contributed by atoms with Crippen molar-refractivity contribution in [2.75, 3.05) is 24.5 Å². The first-order chi connectivity index (χ1) is 15.5. The number of hydrogen-bond donors (Lipinski definition) is 3. The molecule has 0 atom stereocenters. The Morgan fingerprint density at radius 2 is 1.81 bits per heavy atom. The third-order valence-electron chi connectivity index (χ3n) is 4.17. The summed E-state index contributed by atoms with van der Waals surface area (Å²) < 4.78 is 11.6. The number of methoxy groups -OCH3 is 1. The smallest absolute Gasteiger partial charge is 0.335 e. The summed E-state index contributed by atoms with van der Waals surface area (Å²) >= 11 is 3.43. The lowest BCUT2D eigenvalue weighted by Gasteiger charge is -2.13. The molecular formula is C23H20BrN3O5. The van der Waals surface area contributed by atoms with Crippen LogP contribution in [-0.4, -0.2) is 36.9 Å². The van der Waals surface area contributed by atoms with Gasteiger partial charge in [0.2, 0.25) is 0 Å². The standard InChI is InChI=1S/C23H20BrN3O5/c1-31-20-11-15(13-25-27-18-9-5-6-16(12-18)23(29)30)10-19(24)22(20)32-14-21(28)26-17-7-3-2-4-8-17/h2-13,27H,14H2,1H3,(H,26,28)(H,29,30)/b25-13-. The van der Waals surface area contributed by atoms with Crippen LogP contribution in [0.25, 0.3) is 0 Å². The largest absolute Gasteiger partial charge is 0.493 e. The quantitative estimate of drug-likeness (QED) is 0.294. The van der Waals surface area contributed by atoms with Crippen LogP contribution in [0.3, 0.4) is 0 Å². The number of carbonyl (C=O) groups excluding carboxylic acids is 1. The van der Waals surface area contributed by atoms with Gasteiger partial charge in [-0.05, 0) is 64.0 Å². The number of hydrogen-bond acceptors (Lipinski definition) is 6. The lowest BCUT2D eigenvalue weighted by Crippen LogP contribution is -2.20. The first-order valence-corrected chi connectivity index (χ1v) is 10.2. The van der Waals surface area contributed by atoms with Crippen LogP contribution in [0.1, 0.15) is 15.9 Å². The van der Waals surface area contributed by atoms with E-state index < -0.39 is 5.97 Å². The molecule has 0 radical (unpaired) electrons. The van der Waals surface area contributed by atoms with Crippen molar-refractivity contribution >= 4 is 45.4 Å². The fourth-order valence-corrected chi connectivity index (χ4v) is 3.29. The molecule has 1 amide bonds. The molecule has 3 N–H and O–H groups in total. The maximum Gasteiger partial charge on any atom is 0.335 e. The lowest BCUT2D eigenvalue weighted by atomic mass is 10.2. The van der Waals surface area contributed by atoms with Crippen molar-refractivity contribution in [2.24, 2.45) is 5.10 Å². The Balaban J connectivity index is 1.65. The molecule has 9 heteroatoms. The highest BCUT2D eigenvalue weighted by Gasteiger charge is 2.13. The van der Waals surface area contributed by atoms with Gasteiger partial charge in [-0.25, -0.2) is 4.79 Å². The van der Waals surface area contributed by atoms with Crippen LogP contribution in [0, 0.1) is 0 Å². The maximum absolute atomic E-state index is 12.1. The molecule has 8 nitrogen and oxygen atoms in total. The number of nitrogens with zero attached hydrogens (tertiary/aromatic N) is 1. The number of carbonyl (C=O) groups is 2. The Bertz CT molecular complexity index is 1140. The number of rotatable bonds is 9. The van der Waals surface area contributed by atoms with Crippen molar-refractivity contribution in [3.05, 3.63) is 82.3 Å². The molecule has 0 heterocycles. The molecule has 0 aliphatic rings. The summed E-state index contributed by atoms with van der Waals surface area (Å²) in [4.78, 5) is 23.2. The number of para-hydroxylation sites is 1. The van der Waals surface area contributed by atoms with Gasteiger partial charge in [-0.1, -0.05) is 24.3 Å². The number of amides is 1. The molecule has 3 rings (SSSR count). The van der Waals surface area contributed by atoms with Gasteiger partial charge in [0.25, 0.3) is 5.91 Å². The van der Waals surface area contributed by atoms with E-state index in [1.165, 1.54) is 19.2 Å². The van der Waals surface area contributed by atoms with Crippen molar-refractivity contribution in [3.8, 4) is 11.5 Å². The van der Waals surface area contributed by atoms with E-state index in [1.807, 2.05) is 18.2 Å². The molecule has 0 aliphatic heterocycles. The number of anilines is 2. The zero-order chi connectivity index (χ0) is 22.9. The first kappa shape index (κ1) is 22.8. The molecule has 3 aromatic rings. The second kappa shape index (κ2) is 11.0. The maximum atomic E-state index is 12.1. The van der Waals surface area contributed by atoms with Gasteiger partial charge in [-0.3, -0.25) is 10.2 Å². The topological polar surface area (TPSA) is 109 Å². The highest BCUT2D eigenvalue weighted by Crippen LogP contribution is 2.36. The van der Waals surface area contributed by atoms with E-state index in [9.17, 15) is 9.59 Å². The normalized spacial score (nSPS) is 10.6. The van der Waals surface area contributed by atoms with Gasteiger partial charge in [0.05, 0.1) is 29.0 Å². The average molecular weight is 498 g/mol. The number of benzene rings is 3. The lowest BCUT2D eigenvalue weighted by molar-refractivity contribution is -0.118. The first-order valence-electron chi connectivity index (χ1n) is 9.44. The SMILES string of the molecule is COc1cc(/C=N\Nc2cccc(C(=O)O)c2)cc(Br)c1OCC(=O)Nc1ccccc1. The summed E-state index contributed by atoms with van der Waals surface area (Å²) in [5, 5.41) is 15.9. The van der Waals surface area contributed by atoms with Crippen LogP contribution in [0.5, 0.6) is 11.5 Å². The monoisotopic (exact) mass is 497 g/mol. The molecule has 0 spiro atoms. The van der Waals surface area contributed by atoms with Gasteiger partial charge >= 0.3 is 5.97 Å². The molecule has 164 valence electrons. The van der Waals surface area contributed by atoms with Gasteiger partial charge in [0, 0.05) is 5.69 Å². The van der Waals surface area contributed by atoms with Gasteiger partial charge in [0.1, 0.15) is 0 Å². The highest BCUT2D eigenvalue weighted by molar-refractivity contribution is 9.10. The second-order valence-corrected chi connectivity index (χ2v) is 7.35. The van der Waals surface area contributed by atoms with Crippen LogP contribution >= 0.6 is 15.9 Å². The predicted molar refractivity (Wildman–Crippen MR) is 126 cm³/mol. The van der Waals surface area contributed by atoms with Crippen molar-refractivity contribution in [2.45, 2.75) is 0 Å². The highest BCUT2D eigenvalue weighted by atomic mass is 79.9. The fourth-order valence-electron chi connectivity index (χ4n) is 2.71. The molecule has 0 saturated carbocycles. The minimum Gasteiger partial charge on any atom is -0.493 e. The minimum absolute atomic E-state index is 0.160. The second-order valence-electron chi connectivity index (χ2n) is 6.49. The molecule has 0 bridgehead atoms. The van der Waals surface area contributed by atoms with Crippen LogP contribution < -0.4 is 20.2 Å². The Kier molecular flexibility index (Phi) is 7.82. The molecule has 3 aromatic carbocycles. The van der Waals surface area contributed by atoms with E-state index >= 15 is 0 Å². The average Bonchev–Trinajstić information content (AvgIpc) is 2.79.